The topological polar surface area (TPSA) is 70.1 Å². The zero-order valence-electron chi connectivity index (χ0n) is 12.5. The summed E-state index contributed by atoms with van der Waals surface area (Å²) in [6.45, 7) is 1.71. The molecule has 114 valence electrons. The number of carbonyl (C=O) groups is 1. The van der Waals surface area contributed by atoms with E-state index in [4.69, 9.17) is 4.74 Å². The number of carbonyl (C=O) groups excluding carboxylic acids is 1. The van der Waals surface area contributed by atoms with Crippen molar-refractivity contribution in [2.75, 3.05) is 27.2 Å². The molecule has 21 heavy (non-hydrogen) atoms. The second-order valence-electron chi connectivity index (χ2n) is 5.10. The summed E-state index contributed by atoms with van der Waals surface area (Å²) in [6, 6.07) is 1.70. The summed E-state index contributed by atoms with van der Waals surface area (Å²) in [5, 5.41) is 1.88. The molecule has 0 radical (unpaired) electrons. The van der Waals surface area contributed by atoms with Gasteiger partial charge in [-0.2, -0.15) is 0 Å². The first kappa shape index (κ1) is 15.2. The molecule has 2 rings (SSSR count). The maximum atomic E-state index is 11.9. The first-order valence-corrected chi connectivity index (χ1v) is 7.03. The lowest BCUT2D eigenvalue weighted by atomic mass is 10.2. The minimum atomic E-state index is -0.508. The number of hydrogen-bond donors (Lipinski definition) is 1. The summed E-state index contributed by atoms with van der Waals surface area (Å²) < 4.78 is 5.29. The lowest BCUT2D eigenvalue weighted by Gasteiger charge is -2.26. The number of nitrogens with zero attached hydrogens (tertiary/aromatic N) is 4. The number of nitrogens with one attached hydrogen (secondary N) is 1. The zero-order chi connectivity index (χ0) is 15.1. The third-order valence-electron chi connectivity index (χ3n) is 3.00. The van der Waals surface area contributed by atoms with Gasteiger partial charge in [0, 0.05) is 33.4 Å². The number of hydrogen-bond acceptors (Lipinski definition) is 5. The molecule has 1 N–H and O–H groups in total. The van der Waals surface area contributed by atoms with Gasteiger partial charge >= 0.3 is 6.09 Å². The van der Waals surface area contributed by atoms with Crippen molar-refractivity contribution in [1.82, 2.24) is 20.3 Å². The van der Waals surface area contributed by atoms with Gasteiger partial charge in [0.1, 0.15) is 5.69 Å². The number of aromatic nitrogens is 1. The van der Waals surface area contributed by atoms with E-state index in [1.165, 1.54) is 12.6 Å². The molecule has 7 heteroatoms. The van der Waals surface area contributed by atoms with Gasteiger partial charge in [-0.25, -0.2) is 14.8 Å². The molecular weight excluding hydrogens is 270 g/mol. The molecule has 0 aromatic carbocycles. The summed E-state index contributed by atoms with van der Waals surface area (Å²) in [5.41, 5.74) is 3.30. The number of hydrazine groups is 1. The average molecular weight is 291 g/mol. The van der Waals surface area contributed by atoms with Crippen molar-refractivity contribution < 1.29 is 9.53 Å². The third-order valence-corrected chi connectivity index (χ3v) is 3.00. The van der Waals surface area contributed by atoms with Crippen molar-refractivity contribution in [2.24, 2.45) is 4.99 Å². The summed E-state index contributed by atoms with van der Waals surface area (Å²) in [7, 11) is 3.74. The second kappa shape index (κ2) is 7.58. The van der Waals surface area contributed by atoms with Crippen LogP contribution in [0.5, 0.6) is 5.75 Å². The predicted molar refractivity (Wildman–Crippen MR) is 80.7 cm³/mol. The molecule has 2 heterocycles. The number of piperidine rings is 1. The van der Waals surface area contributed by atoms with Gasteiger partial charge < -0.3 is 9.64 Å². The lowest BCUT2D eigenvalue weighted by molar-refractivity contribution is 0.129. The number of ether oxygens (including phenoxy) is 1. The van der Waals surface area contributed by atoms with E-state index in [1.807, 2.05) is 19.1 Å². The van der Waals surface area contributed by atoms with Crippen molar-refractivity contribution in [2.45, 2.75) is 19.3 Å². The fourth-order valence-corrected chi connectivity index (χ4v) is 1.99. The Kier molecular flexibility index (Phi) is 5.51. The van der Waals surface area contributed by atoms with Crippen LogP contribution in [0, 0.1) is 0 Å². The average Bonchev–Trinajstić information content (AvgIpc) is 2.47. The Labute approximate surface area is 124 Å². The number of pyridine rings is 1. The van der Waals surface area contributed by atoms with E-state index in [9.17, 15) is 4.79 Å². The van der Waals surface area contributed by atoms with Gasteiger partial charge in [0.25, 0.3) is 0 Å². The molecule has 0 atom stereocenters. The lowest BCUT2D eigenvalue weighted by Crippen LogP contribution is -2.46. The first-order chi connectivity index (χ1) is 10.1. The van der Waals surface area contributed by atoms with Crippen molar-refractivity contribution in [3.63, 3.8) is 0 Å². The van der Waals surface area contributed by atoms with Crippen molar-refractivity contribution in [1.29, 1.82) is 0 Å². The summed E-state index contributed by atoms with van der Waals surface area (Å²) in [5.74, 6) is 0.338. The summed E-state index contributed by atoms with van der Waals surface area (Å²) >= 11 is 0. The molecule has 0 spiro atoms. The largest absolute Gasteiger partial charge is 0.427 e. The second-order valence-corrected chi connectivity index (χ2v) is 5.10. The molecule has 1 aromatic heterocycles. The fourth-order valence-electron chi connectivity index (χ4n) is 1.99. The summed E-state index contributed by atoms with van der Waals surface area (Å²) in [4.78, 5) is 21.9. The van der Waals surface area contributed by atoms with Crippen LogP contribution < -0.4 is 10.2 Å². The molecule has 1 fully saturated rings. The molecule has 1 saturated heterocycles. The molecule has 1 aromatic rings. The van der Waals surface area contributed by atoms with Crippen LogP contribution in [-0.4, -0.2) is 54.5 Å². The van der Waals surface area contributed by atoms with E-state index in [0.29, 0.717) is 11.4 Å². The Bertz CT molecular complexity index is 498. The maximum absolute atomic E-state index is 11.9. The highest BCUT2D eigenvalue weighted by atomic mass is 16.6. The van der Waals surface area contributed by atoms with Crippen LogP contribution in [-0.2, 0) is 0 Å². The Morgan fingerprint density at radius 1 is 1.43 bits per heavy atom. The van der Waals surface area contributed by atoms with Crippen LogP contribution in [0.3, 0.4) is 0 Å². The quantitative estimate of drug-likeness (QED) is 0.676. The molecule has 1 aliphatic rings. The SMILES string of the molecule is CN(C)C=Nc1ccncc1OC(=O)NN1CCCCC1. The van der Waals surface area contributed by atoms with Crippen molar-refractivity contribution in [3.8, 4) is 5.75 Å². The molecule has 0 aliphatic carbocycles. The smallest absolute Gasteiger partial charge is 0.405 e. The predicted octanol–water partition coefficient (Wildman–Crippen LogP) is 1.79. The van der Waals surface area contributed by atoms with E-state index >= 15 is 0 Å². The Hall–Kier alpha value is -2.15. The Balaban J connectivity index is 1.96. The minimum absolute atomic E-state index is 0.338. The molecule has 0 unspecified atom stereocenters. The highest BCUT2D eigenvalue weighted by Gasteiger charge is 2.15. The van der Waals surface area contributed by atoms with Gasteiger partial charge in [-0.15, -0.1) is 0 Å². The highest BCUT2D eigenvalue weighted by molar-refractivity contribution is 5.73. The van der Waals surface area contributed by atoms with Crippen LogP contribution in [0.15, 0.2) is 23.5 Å². The van der Waals surface area contributed by atoms with Crippen LogP contribution in [0.25, 0.3) is 0 Å². The van der Waals surface area contributed by atoms with Crippen LogP contribution in [0.1, 0.15) is 19.3 Å². The molecule has 0 saturated carbocycles. The Morgan fingerprint density at radius 3 is 2.90 bits per heavy atom. The van der Waals surface area contributed by atoms with Gasteiger partial charge in [0.2, 0.25) is 0 Å². The van der Waals surface area contributed by atoms with Crippen LogP contribution >= 0.6 is 0 Å². The van der Waals surface area contributed by atoms with Gasteiger partial charge in [-0.3, -0.25) is 10.4 Å². The number of aliphatic imine (C=N–C) groups is 1. The van der Waals surface area contributed by atoms with Gasteiger partial charge in [0.15, 0.2) is 5.75 Å². The molecule has 1 aliphatic heterocycles. The molecule has 0 bridgehead atoms. The monoisotopic (exact) mass is 291 g/mol. The van der Waals surface area contributed by atoms with E-state index < -0.39 is 6.09 Å². The van der Waals surface area contributed by atoms with E-state index in [1.54, 1.807) is 23.5 Å². The first-order valence-electron chi connectivity index (χ1n) is 7.03. The third kappa shape index (κ3) is 5.03. The van der Waals surface area contributed by atoms with Crippen LogP contribution in [0.4, 0.5) is 10.5 Å². The highest BCUT2D eigenvalue weighted by Crippen LogP contribution is 2.25. The number of rotatable bonds is 4. The fraction of sp³-hybridized carbons (Fsp3) is 0.500. The van der Waals surface area contributed by atoms with Crippen LogP contribution in [0.2, 0.25) is 0 Å². The number of amides is 1. The van der Waals surface area contributed by atoms with Gasteiger partial charge in [-0.1, -0.05) is 6.42 Å². The van der Waals surface area contributed by atoms with Crippen molar-refractivity contribution in [3.05, 3.63) is 18.5 Å². The van der Waals surface area contributed by atoms with E-state index in [2.05, 4.69) is 15.4 Å². The maximum Gasteiger partial charge on any atom is 0.427 e. The van der Waals surface area contributed by atoms with E-state index in [-0.39, 0.29) is 0 Å². The zero-order valence-corrected chi connectivity index (χ0v) is 12.5. The van der Waals surface area contributed by atoms with Crippen molar-refractivity contribution >= 4 is 18.1 Å². The molecule has 7 nitrogen and oxygen atoms in total. The van der Waals surface area contributed by atoms with E-state index in [0.717, 1.165) is 25.9 Å². The van der Waals surface area contributed by atoms with Gasteiger partial charge in [-0.05, 0) is 18.9 Å². The summed E-state index contributed by atoms with van der Waals surface area (Å²) in [6.07, 6.45) is 7.61. The molecule has 1 amide bonds. The Morgan fingerprint density at radius 2 is 2.19 bits per heavy atom. The minimum Gasteiger partial charge on any atom is -0.405 e. The van der Waals surface area contributed by atoms with Gasteiger partial charge in [0.05, 0.1) is 12.5 Å². The molecular formula is C14H21N5O2. The normalized spacial score (nSPS) is 15.9. The standard InChI is InChI=1S/C14H21N5O2/c1-18(2)11-16-12-6-7-15-10-13(12)21-14(20)17-19-8-4-3-5-9-19/h6-7,10-11H,3-5,8-9H2,1-2H3,(H,17,20).